The van der Waals surface area contributed by atoms with Gasteiger partial charge in [0, 0.05) is 26.2 Å². The van der Waals surface area contributed by atoms with Gasteiger partial charge in [0.25, 0.3) is 0 Å². The zero-order valence-corrected chi connectivity index (χ0v) is 11.6. The van der Waals surface area contributed by atoms with Crippen LogP contribution < -0.4 is 5.32 Å². The van der Waals surface area contributed by atoms with Crippen molar-refractivity contribution < 1.29 is 0 Å². The Kier molecular flexibility index (Phi) is 4.30. The van der Waals surface area contributed by atoms with Gasteiger partial charge < -0.3 is 10.2 Å². The van der Waals surface area contributed by atoms with Gasteiger partial charge in [-0.3, -0.25) is 4.99 Å². The van der Waals surface area contributed by atoms with E-state index in [1.807, 2.05) is 7.05 Å². The minimum Gasteiger partial charge on any atom is -0.353 e. The summed E-state index contributed by atoms with van der Waals surface area (Å²) in [5.41, 5.74) is 0. The molecular weight excluding hydrogens is 210 g/mol. The van der Waals surface area contributed by atoms with Crippen LogP contribution in [0.4, 0.5) is 0 Å². The van der Waals surface area contributed by atoms with E-state index < -0.39 is 0 Å². The highest BCUT2D eigenvalue weighted by Crippen LogP contribution is 2.34. The zero-order valence-electron chi connectivity index (χ0n) is 11.6. The Morgan fingerprint density at radius 2 is 2.29 bits per heavy atom. The molecule has 3 heteroatoms. The van der Waals surface area contributed by atoms with Crippen LogP contribution in [0.25, 0.3) is 0 Å². The lowest BCUT2D eigenvalue weighted by atomic mass is 10.0. The first-order chi connectivity index (χ1) is 8.24. The van der Waals surface area contributed by atoms with Crippen molar-refractivity contribution >= 4 is 5.96 Å². The number of hydrogen-bond acceptors (Lipinski definition) is 1. The molecule has 0 aromatic carbocycles. The summed E-state index contributed by atoms with van der Waals surface area (Å²) in [5, 5.41) is 3.64. The van der Waals surface area contributed by atoms with Crippen molar-refractivity contribution in [1.29, 1.82) is 0 Å². The third-order valence-corrected chi connectivity index (χ3v) is 4.06. The molecule has 0 radical (unpaired) electrons. The summed E-state index contributed by atoms with van der Waals surface area (Å²) >= 11 is 0. The maximum absolute atomic E-state index is 4.45. The number of aliphatic imine (C=N–C) groups is 1. The quantitative estimate of drug-likeness (QED) is 0.603. The topological polar surface area (TPSA) is 27.6 Å². The van der Waals surface area contributed by atoms with Gasteiger partial charge in [-0.25, -0.2) is 0 Å². The van der Waals surface area contributed by atoms with Crippen LogP contribution in [-0.4, -0.2) is 37.0 Å². The van der Waals surface area contributed by atoms with Crippen LogP contribution in [0.1, 0.15) is 46.0 Å². The van der Waals surface area contributed by atoms with Crippen molar-refractivity contribution in [3.05, 3.63) is 0 Å². The molecule has 2 fully saturated rings. The molecule has 1 N–H and O–H groups in total. The van der Waals surface area contributed by atoms with Gasteiger partial charge in [0.2, 0.25) is 0 Å². The molecule has 0 aromatic heterocycles. The number of guanidine groups is 1. The molecule has 3 nitrogen and oxygen atoms in total. The van der Waals surface area contributed by atoms with Crippen LogP contribution >= 0.6 is 0 Å². The van der Waals surface area contributed by atoms with Gasteiger partial charge in [-0.1, -0.05) is 20.3 Å². The summed E-state index contributed by atoms with van der Waals surface area (Å²) in [4.78, 5) is 6.89. The smallest absolute Gasteiger partial charge is 0.193 e. The normalized spacial score (nSPS) is 33.7. The molecule has 0 aromatic rings. The lowest BCUT2D eigenvalue weighted by molar-refractivity contribution is 0.265. The van der Waals surface area contributed by atoms with E-state index in [1.54, 1.807) is 0 Å². The fourth-order valence-corrected chi connectivity index (χ4v) is 2.96. The second-order valence-electron chi connectivity index (χ2n) is 5.78. The van der Waals surface area contributed by atoms with Crippen molar-refractivity contribution in [3.8, 4) is 0 Å². The molecular formula is C14H27N3. The molecule has 3 unspecified atom stereocenters. The Labute approximate surface area is 106 Å². The molecule has 1 heterocycles. The average molecular weight is 237 g/mol. The summed E-state index contributed by atoms with van der Waals surface area (Å²) in [6, 6.07) is 0.700. The average Bonchev–Trinajstić information content (AvgIpc) is 3.05. The number of likely N-dealkylation sites (tertiary alicyclic amines) is 1. The van der Waals surface area contributed by atoms with E-state index >= 15 is 0 Å². The first-order valence-electron chi connectivity index (χ1n) is 7.22. The highest BCUT2D eigenvalue weighted by atomic mass is 15.3. The summed E-state index contributed by atoms with van der Waals surface area (Å²) < 4.78 is 0. The van der Waals surface area contributed by atoms with Gasteiger partial charge in [-0.05, 0) is 37.5 Å². The van der Waals surface area contributed by atoms with Crippen LogP contribution in [0.15, 0.2) is 4.99 Å². The Hall–Kier alpha value is -0.730. The van der Waals surface area contributed by atoms with E-state index in [1.165, 1.54) is 45.2 Å². The number of hydrogen-bond donors (Lipinski definition) is 1. The second kappa shape index (κ2) is 5.74. The molecule has 1 aliphatic heterocycles. The summed E-state index contributed by atoms with van der Waals surface area (Å²) in [5.74, 6) is 2.85. The van der Waals surface area contributed by atoms with Gasteiger partial charge >= 0.3 is 0 Å². The van der Waals surface area contributed by atoms with E-state index in [-0.39, 0.29) is 0 Å². The molecule has 3 atom stereocenters. The SMILES string of the molecule is CCCC1CC1NC(=NC)N1CCCC(C)C1. The fourth-order valence-electron chi connectivity index (χ4n) is 2.96. The maximum atomic E-state index is 4.45. The summed E-state index contributed by atoms with van der Waals surface area (Å²) in [7, 11) is 1.92. The van der Waals surface area contributed by atoms with E-state index in [2.05, 4.69) is 29.1 Å². The lowest BCUT2D eigenvalue weighted by Crippen LogP contribution is -2.47. The van der Waals surface area contributed by atoms with E-state index in [0.29, 0.717) is 6.04 Å². The van der Waals surface area contributed by atoms with Crippen molar-refractivity contribution in [2.75, 3.05) is 20.1 Å². The van der Waals surface area contributed by atoms with Crippen molar-refractivity contribution in [1.82, 2.24) is 10.2 Å². The number of nitrogens with one attached hydrogen (secondary N) is 1. The van der Waals surface area contributed by atoms with Crippen LogP contribution in [-0.2, 0) is 0 Å². The molecule has 17 heavy (non-hydrogen) atoms. The molecule has 98 valence electrons. The first kappa shape index (κ1) is 12.7. The predicted molar refractivity (Wildman–Crippen MR) is 73.3 cm³/mol. The highest BCUT2D eigenvalue weighted by Gasteiger charge is 2.37. The Bertz CT molecular complexity index is 275. The first-order valence-corrected chi connectivity index (χ1v) is 7.22. The standard InChI is InChI=1S/C14H27N3/c1-4-6-12-9-13(12)16-14(15-3)17-8-5-7-11(2)10-17/h11-13H,4-10H2,1-3H3,(H,15,16). The van der Waals surface area contributed by atoms with Crippen LogP contribution in [0.3, 0.4) is 0 Å². The molecule has 1 aliphatic carbocycles. The van der Waals surface area contributed by atoms with E-state index in [4.69, 9.17) is 0 Å². The Morgan fingerprint density at radius 3 is 2.94 bits per heavy atom. The Morgan fingerprint density at radius 1 is 1.47 bits per heavy atom. The van der Waals surface area contributed by atoms with Gasteiger partial charge in [0.1, 0.15) is 0 Å². The Balaban J connectivity index is 1.81. The zero-order chi connectivity index (χ0) is 12.3. The van der Waals surface area contributed by atoms with Gasteiger partial charge in [-0.2, -0.15) is 0 Å². The van der Waals surface area contributed by atoms with Gasteiger partial charge in [-0.15, -0.1) is 0 Å². The number of nitrogens with zero attached hydrogens (tertiary/aromatic N) is 2. The van der Waals surface area contributed by atoms with Gasteiger partial charge in [0.15, 0.2) is 5.96 Å². The monoisotopic (exact) mass is 237 g/mol. The van der Waals surface area contributed by atoms with Crippen LogP contribution in [0.2, 0.25) is 0 Å². The molecule has 2 aliphatic rings. The highest BCUT2D eigenvalue weighted by molar-refractivity contribution is 5.80. The minimum atomic E-state index is 0.700. The third-order valence-electron chi connectivity index (χ3n) is 4.06. The molecule has 2 rings (SSSR count). The minimum absolute atomic E-state index is 0.700. The predicted octanol–water partition coefficient (Wildman–Crippen LogP) is 2.48. The van der Waals surface area contributed by atoms with Gasteiger partial charge in [0.05, 0.1) is 0 Å². The second-order valence-corrected chi connectivity index (χ2v) is 5.78. The molecule has 0 amide bonds. The molecule has 0 spiro atoms. The van der Waals surface area contributed by atoms with Crippen LogP contribution in [0, 0.1) is 11.8 Å². The van der Waals surface area contributed by atoms with E-state index in [0.717, 1.165) is 17.8 Å². The van der Waals surface area contributed by atoms with Crippen LogP contribution in [0.5, 0.6) is 0 Å². The maximum Gasteiger partial charge on any atom is 0.193 e. The number of rotatable bonds is 3. The van der Waals surface area contributed by atoms with E-state index in [9.17, 15) is 0 Å². The summed E-state index contributed by atoms with van der Waals surface area (Å²) in [6.45, 7) is 6.97. The molecule has 0 bridgehead atoms. The fraction of sp³-hybridized carbons (Fsp3) is 0.929. The summed E-state index contributed by atoms with van der Waals surface area (Å²) in [6.07, 6.45) is 6.70. The number of piperidine rings is 1. The molecule has 1 saturated carbocycles. The third kappa shape index (κ3) is 3.36. The largest absolute Gasteiger partial charge is 0.353 e. The van der Waals surface area contributed by atoms with Crippen molar-refractivity contribution in [3.63, 3.8) is 0 Å². The lowest BCUT2D eigenvalue weighted by Gasteiger charge is -2.33. The molecule has 1 saturated heterocycles. The van der Waals surface area contributed by atoms with Crippen molar-refractivity contribution in [2.24, 2.45) is 16.8 Å². The van der Waals surface area contributed by atoms with Crippen molar-refractivity contribution in [2.45, 2.75) is 52.0 Å².